The molecule has 0 aliphatic carbocycles. The lowest BCUT2D eigenvalue weighted by atomic mass is 10.0. The molecule has 0 saturated carbocycles. The van der Waals surface area contributed by atoms with E-state index in [4.69, 9.17) is 9.15 Å². The summed E-state index contributed by atoms with van der Waals surface area (Å²) in [4.78, 5) is 14.4. The van der Waals surface area contributed by atoms with E-state index in [1.165, 1.54) is 11.3 Å². The number of rotatable bonds is 5. The summed E-state index contributed by atoms with van der Waals surface area (Å²) in [6.45, 7) is 5.48. The van der Waals surface area contributed by atoms with Gasteiger partial charge in [-0.05, 0) is 48.6 Å². The molecule has 0 atom stereocenters. The monoisotopic (exact) mass is 363 g/mol. The van der Waals surface area contributed by atoms with Gasteiger partial charge in [-0.3, -0.25) is 0 Å². The molecule has 0 saturated heterocycles. The number of para-hydroxylation sites is 1. The third-order valence-corrected chi connectivity index (χ3v) is 5.30. The number of nitrogens with zero attached hydrogens (tertiary/aromatic N) is 1. The molecule has 0 N–H and O–H groups in total. The maximum Gasteiger partial charge on any atom is 0.336 e. The van der Waals surface area contributed by atoms with Crippen LogP contribution in [0.4, 0.5) is 5.69 Å². The summed E-state index contributed by atoms with van der Waals surface area (Å²) in [5.74, 6) is 0.809. The number of fused-ring (bicyclic) bond motifs is 3. The molecule has 0 amide bonds. The molecule has 3 aromatic rings. The molecule has 0 fully saturated rings. The second kappa shape index (κ2) is 7.47. The van der Waals surface area contributed by atoms with Crippen molar-refractivity contribution in [3.8, 4) is 5.75 Å². The van der Waals surface area contributed by atoms with Crippen LogP contribution in [0.5, 0.6) is 5.75 Å². The number of benzene rings is 2. The Balaban J connectivity index is 1.80. The Bertz CT molecular complexity index is 1020. The maximum absolute atomic E-state index is 12.2. The van der Waals surface area contributed by atoms with Gasteiger partial charge in [-0.15, -0.1) is 0 Å². The van der Waals surface area contributed by atoms with Gasteiger partial charge in [0.25, 0.3) is 0 Å². The minimum Gasteiger partial charge on any atom is -0.473 e. The van der Waals surface area contributed by atoms with Crippen molar-refractivity contribution in [2.75, 3.05) is 11.6 Å². The van der Waals surface area contributed by atoms with Crippen LogP contribution in [-0.4, -0.2) is 6.73 Å². The molecule has 2 aromatic carbocycles. The maximum atomic E-state index is 12.2. The van der Waals surface area contributed by atoms with Gasteiger partial charge in [0.15, 0.2) is 6.73 Å². The average molecular weight is 363 g/mol. The lowest BCUT2D eigenvalue weighted by Gasteiger charge is -2.32. The zero-order valence-electron chi connectivity index (χ0n) is 16.0. The van der Waals surface area contributed by atoms with E-state index in [1.54, 1.807) is 6.07 Å². The van der Waals surface area contributed by atoms with Gasteiger partial charge in [0.2, 0.25) is 0 Å². The minimum atomic E-state index is -0.284. The van der Waals surface area contributed by atoms with Crippen molar-refractivity contribution in [2.45, 2.75) is 46.1 Å². The Labute approximate surface area is 159 Å². The van der Waals surface area contributed by atoms with E-state index in [1.807, 2.05) is 12.1 Å². The van der Waals surface area contributed by atoms with Crippen LogP contribution in [0.25, 0.3) is 11.0 Å². The third-order valence-electron chi connectivity index (χ3n) is 5.30. The Morgan fingerprint density at radius 1 is 1.07 bits per heavy atom. The molecule has 0 spiro atoms. The standard InChI is InChI=1S/C23H25NO3/c1-3-5-8-17-13-22(25)27-23-18(17)11-12-21-19(23)14-24(15-26-21)20-10-7-6-9-16(20)4-2/h6-7,9-13H,3-5,8,14-15H2,1-2H3. The molecule has 4 rings (SSSR count). The summed E-state index contributed by atoms with van der Waals surface area (Å²) in [5, 5.41) is 1.02. The van der Waals surface area contributed by atoms with E-state index in [0.29, 0.717) is 18.9 Å². The van der Waals surface area contributed by atoms with Gasteiger partial charge < -0.3 is 14.1 Å². The highest BCUT2D eigenvalue weighted by atomic mass is 16.5. The molecular formula is C23H25NO3. The summed E-state index contributed by atoms with van der Waals surface area (Å²) in [6.07, 6.45) is 4.01. The third kappa shape index (κ3) is 3.32. The molecule has 4 heteroatoms. The quantitative estimate of drug-likeness (QED) is 0.595. The molecule has 4 nitrogen and oxygen atoms in total. The summed E-state index contributed by atoms with van der Waals surface area (Å²) in [5.41, 5.74) is 4.87. The fraction of sp³-hybridized carbons (Fsp3) is 0.348. The normalized spacial score (nSPS) is 13.5. The Morgan fingerprint density at radius 2 is 1.93 bits per heavy atom. The fourth-order valence-corrected chi connectivity index (χ4v) is 3.85. The van der Waals surface area contributed by atoms with Crippen molar-refractivity contribution in [3.63, 3.8) is 0 Å². The zero-order valence-corrected chi connectivity index (χ0v) is 16.0. The number of aryl methyl sites for hydroxylation is 2. The molecular weight excluding hydrogens is 338 g/mol. The van der Waals surface area contributed by atoms with E-state index >= 15 is 0 Å². The van der Waals surface area contributed by atoms with Crippen LogP contribution in [0.2, 0.25) is 0 Å². The summed E-state index contributed by atoms with van der Waals surface area (Å²) in [7, 11) is 0. The molecule has 140 valence electrons. The van der Waals surface area contributed by atoms with Gasteiger partial charge in [0.1, 0.15) is 11.3 Å². The minimum absolute atomic E-state index is 0.284. The number of anilines is 1. The van der Waals surface area contributed by atoms with Crippen LogP contribution in [0.15, 0.2) is 51.7 Å². The smallest absolute Gasteiger partial charge is 0.336 e. The van der Waals surface area contributed by atoms with Gasteiger partial charge in [-0.2, -0.15) is 0 Å². The van der Waals surface area contributed by atoms with Crippen molar-refractivity contribution in [1.82, 2.24) is 0 Å². The average Bonchev–Trinajstić information content (AvgIpc) is 2.71. The van der Waals surface area contributed by atoms with Crippen LogP contribution in [-0.2, 0) is 19.4 Å². The molecule has 1 aliphatic rings. The fourth-order valence-electron chi connectivity index (χ4n) is 3.85. The first kappa shape index (κ1) is 17.7. The van der Waals surface area contributed by atoms with Crippen molar-refractivity contribution >= 4 is 16.7 Å². The molecule has 27 heavy (non-hydrogen) atoms. The molecule has 0 radical (unpaired) electrons. The van der Waals surface area contributed by atoms with Gasteiger partial charge in [0.05, 0.1) is 12.1 Å². The highest BCUT2D eigenvalue weighted by Gasteiger charge is 2.23. The van der Waals surface area contributed by atoms with Gasteiger partial charge in [-0.1, -0.05) is 38.5 Å². The number of ether oxygens (including phenoxy) is 1. The lowest BCUT2D eigenvalue weighted by molar-refractivity contribution is 0.289. The van der Waals surface area contributed by atoms with Crippen molar-refractivity contribution in [1.29, 1.82) is 0 Å². The molecule has 0 bridgehead atoms. The second-order valence-electron chi connectivity index (χ2n) is 7.07. The van der Waals surface area contributed by atoms with E-state index in [0.717, 1.165) is 47.9 Å². The topological polar surface area (TPSA) is 42.7 Å². The Morgan fingerprint density at radius 3 is 2.74 bits per heavy atom. The molecule has 2 heterocycles. The zero-order chi connectivity index (χ0) is 18.8. The van der Waals surface area contributed by atoms with Crippen molar-refractivity contribution in [3.05, 3.63) is 69.6 Å². The van der Waals surface area contributed by atoms with Gasteiger partial charge in [0, 0.05) is 17.1 Å². The van der Waals surface area contributed by atoms with Crippen LogP contribution in [0.1, 0.15) is 43.4 Å². The summed E-state index contributed by atoms with van der Waals surface area (Å²) in [6, 6.07) is 14.1. The lowest BCUT2D eigenvalue weighted by Crippen LogP contribution is -2.32. The van der Waals surface area contributed by atoms with Crippen LogP contribution < -0.4 is 15.3 Å². The first-order valence-electron chi connectivity index (χ1n) is 9.75. The van der Waals surface area contributed by atoms with Crippen LogP contribution in [0, 0.1) is 0 Å². The van der Waals surface area contributed by atoms with Gasteiger partial charge in [-0.25, -0.2) is 4.79 Å². The van der Waals surface area contributed by atoms with E-state index in [2.05, 4.69) is 43.0 Å². The summed E-state index contributed by atoms with van der Waals surface area (Å²) >= 11 is 0. The largest absolute Gasteiger partial charge is 0.473 e. The van der Waals surface area contributed by atoms with Crippen LogP contribution >= 0.6 is 0 Å². The second-order valence-corrected chi connectivity index (χ2v) is 7.07. The predicted molar refractivity (Wildman–Crippen MR) is 109 cm³/mol. The van der Waals surface area contributed by atoms with E-state index in [9.17, 15) is 4.79 Å². The Hall–Kier alpha value is -2.75. The van der Waals surface area contributed by atoms with Crippen LogP contribution in [0.3, 0.4) is 0 Å². The number of hydrogen-bond acceptors (Lipinski definition) is 4. The van der Waals surface area contributed by atoms with Crippen molar-refractivity contribution in [2.24, 2.45) is 0 Å². The highest BCUT2D eigenvalue weighted by Crippen LogP contribution is 2.35. The molecule has 0 unspecified atom stereocenters. The SMILES string of the molecule is CCCCc1cc(=O)oc2c3c(ccc12)OCN(c1ccccc1CC)C3. The highest BCUT2D eigenvalue weighted by molar-refractivity contribution is 5.85. The van der Waals surface area contributed by atoms with E-state index < -0.39 is 0 Å². The summed E-state index contributed by atoms with van der Waals surface area (Å²) < 4.78 is 11.7. The van der Waals surface area contributed by atoms with Gasteiger partial charge >= 0.3 is 5.63 Å². The first-order chi connectivity index (χ1) is 13.2. The number of unbranched alkanes of at least 4 members (excludes halogenated alkanes) is 1. The molecule has 1 aliphatic heterocycles. The number of hydrogen-bond donors (Lipinski definition) is 0. The predicted octanol–water partition coefficient (Wildman–Crippen LogP) is 5.05. The Kier molecular flexibility index (Phi) is 4.88. The molecule has 1 aromatic heterocycles. The first-order valence-corrected chi connectivity index (χ1v) is 9.75. The van der Waals surface area contributed by atoms with Crippen molar-refractivity contribution < 1.29 is 9.15 Å². The van der Waals surface area contributed by atoms with E-state index in [-0.39, 0.29) is 5.63 Å².